The molecule has 0 aliphatic carbocycles. The standard InChI is InChI=1S/C38H35Cl2N7O7S/c1-20-28(54-38(50)53-20)19-52-32(49)18-42-17-31-47-35-29(55-31)13-14-43-36(35)45-27-8-4-6-24(34(27)40)23-5-3-7-25(33(23)39)26-11-9-21(37(46-26)51-2)15-41-16-22-10-12-30(48)44-22/h3-9,11,13-14,22,41-42H,10,12,15-19H2,1-2H3,(H,43,45)(H,44,48)/t22-/m0/s1. The molecule has 1 aliphatic rings. The van der Waals surface area contributed by atoms with Gasteiger partial charge in [0.2, 0.25) is 11.8 Å². The van der Waals surface area contributed by atoms with E-state index in [4.69, 9.17) is 51.5 Å². The highest BCUT2D eigenvalue weighted by Crippen LogP contribution is 2.42. The number of ether oxygens (including phenoxy) is 2. The van der Waals surface area contributed by atoms with Gasteiger partial charge in [-0.15, -0.1) is 11.3 Å². The molecular weight excluding hydrogens is 769 g/mol. The molecule has 0 unspecified atom stereocenters. The van der Waals surface area contributed by atoms with Gasteiger partial charge in [-0.3, -0.25) is 9.59 Å². The van der Waals surface area contributed by atoms with E-state index < -0.39 is 11.8 Å². The van der Waals surface area contributed by atoms with Crippen molar-refractivity contribution in [3.05, 3.63) is 104 Å². The first-order valence-electron chi connectivity index (χ1n) is 17.3. The fourth-order valence-electron chi connectivity index (χ4n) is 6.09. The lowest BCUT2D eigenvalue weighted by atomic mass is 10.00. The number of benzene rings is 2. The van der Waals surface area contributed by atoms with Crippen molar-refractivity contribution in [2.75, 3.05) is 25.5 Å². The Labute approximate surface area is 328 Å². The van der Waals surface area contributed by atoms with Crippen LogP contribution in [0.3, 0.4) is 0 Å². The van der Waals surface area contributed by atoms with Gasteiger partial charge in [0.15, 0.2) is 23.9 Å². The van der Waals surface area contributed by atoms with Gasteiger partial charge >= 0.3 is 11.8 Å². The SMILES string of the molecule is COc1nc(-c2cccc(-c3cccc(Nc4nccc5sc(CNCC(=O)OCc6oc(=O)oc6C)nc45)c3Cl)c2Cl)ccc1CNC[C@@H]1CCC(=O)N1. The number of fused-ring (bicyclic) bond motifs is 1. The highest BCUT2D eigenvalue weighted by Gasteiger charge is 2.21. The predicted octanol–water partition coefficient (Wildman–Crippen LogP) is 6.54. The Kier molecular flexibility index (Phi) is 11.7. The van der Waals surface area contributed by atoms with E-state index in [9.17, 15) is 14.4 Å². The molecule has 14 nitrogen and oxygen atoms in total. The second kappa shape index (κ2) is 17.0. The van der Waals surface area contributed by atoms with E-state index in [1.165, 1.54) is 11.3 Å². The molecular formula is C38H35Cl2N7O7S. The van der Waals surface area contributed by atoms with Crippen LogP contribution in [-0.4, -0.2) is 53.1 Å². The topological polar surface area (TPSA) is 183 Å². The highest BCUT2D eigenvalue weighted by molar-refractivity contribution is 7.18. The van der Waals surface area contributed by atoms with Crippen LogP contribution >= 0.6 is 34.5 Å². The Morgan fingerprint density at radius 3 is 2.55 bits per heavy atom. The molecule has 4 aromatic heterocycles. The van der Waals surface area contributed by atoms with Gasteiger partial charge in [0.25, 0.3) is 0 Å². The molecule has 0 radical (unpaired) electrons. The Balaban J connectivity index is 1.03. The Hall–Kier alpha value is -5.32. The van der Waals surface area contributed by atoms with Gasteiger partial charge < -0.3 is 39.6 Å². The number of carbonyl (C=O) groups is 2. The Bertz CT molecular complexity index is 2430. The molecule has 7 rings (SSSR count). The number of methoxy groups -OCH3 is 1. The number of amides is 1. The molecule has 0 spiro atoms. The minimum atomic E-state index is -0.845. The molecule has 55 heavy (non-hydrogen) atoms. The van der Waals surface area contributed by atoms with Crippen molar-refractivity contribution >= 4 is 68.1 Å². The predicted molar refractivity (Wildman–Crippen MR) is 209 cm³/mol. The first kappa shape index (κ1) is 38.0. The van der Waals surface area contributed by atoms with Crippen molar-refractivity contribution in [1.29, 1.82) is 0 Å². The number of hydrogen-bond acceptors (Lipinski definition) is 14. The molecule has 1 aliphatic heterocycles. The van der Waals surface area contributed by atoms with Crippen LogP contribution in [-0.2, 0) is 34.0 Å². The third kappa shape index (κ3) is 8.82. The summed E-state index contributed by atoms with van der Waals surface area (Å²) in [5, 5.41) is 14.4. The second-order valence-electron chi connectivity index (χ2n) is 12.6. The van der Waals surface area contributed by atoms with Gasteiger partial charge in [0.05, 0.1) is 39.8 Å². The minimum Gasteiger partial charge on any atom is -0.481 e. The summed E-state index contributed by atoms with van der Waals surface area (Å²) in [5.41, 5.74) is 4.90. The van der Waals surface area contributed by atoms with E-state index in [2.05, 4.69) is 26.3 Å². The normalized spacial score (nSPS) is 14.0. The van der Waals surface area contributed by atoms with Crippen LogP contribution in [0.5, 0.6) is 5.88 Å². The number of anilines is 2. The molecule has 284 valence electrons. The molecule has 0 saturated carbocycles. The summed E-state index contributed by atoms with van der Waals surface area (Å²) < 4.78 is 21.3. The number of pyridine rings is 2. The monoisotopic (exact) mass is 803 g/mol. The molecule has 1 atom stereocenters. The van der Waals surface area contributed by atoms with Crippen LogP contribution in [0.4, 0.5) is 11.5 Å². The Morgan fingerprint density at radius 1 is 0.982 bits per heavy atom. The number of thiazole rings is 1. The van der Waals surface area contributed by atoms with E-state index in [0.717, 1.165) is 21.7 Å². The lowest BCUT2D eigenvalue weighted by molar-refractivity contribution is -0.144. The fourth-order valence-corrected chi connectivity index (χ4v) is 7.62. The summed E-state index contributed by atoms with van der Waals surface area (Å²) in [6.45, 7) is 2.76. The van der Waals surface area contributed by atoms with Crippen molar-refractivity contribution in [3.8, 4) is 28.3 Å². The van der Waals surface area contributed by atoms with Gasteiger partial charge in [-0.05, 0) is 31.5 Å². The minimum absolute atomic E-state index is 0.0811. The highest BCUT2D eigenvalue weighted by atomic mass is 35.5. The number of hydrogen-bond donors (Lipinski definition) is 4. The average Bonchev–Trinajstić information content (AvgIpc) is 3.89. The number of nitrogens with zero attached hydrogens (tertiary/aromatic N) is 3. The number of halogens is 2. The number of esters is 1. The van der Waals surface area contributed by atoms with Gasteiger partial charge in [-0.2, -0.15) is 0 Å². The van der Waals surface area contributed by atoms with E-state index in [1.807, 2.05) is 54.6 Å². The van der Waals surface area contributed by atoms with E-state index >= 15 is 0 Å². The lowest BCUT2D eigenvalue weighted by Crippen LogP contribution is -2.35. The van der Waals surface area contributed by atoms with Crippen LogP contribution in [0.1, 0.15) is 34.9 Å². The van der Waals surface area contributed by atoms with E-state index in [1.54, 1.807) is 20.2 Å². The van der Waals surface area contributed by atoms with E-state index in [0.29, 0.717) is 81.4 Å². The first-order valence-corrected chi connectivity index (χ1v) is 18.8. The summed E-state index contributed by atoms with van der Waals surface area (Å²) in [6.07, 6.45) is 3.06. The van der Waals surface area contributed by atoms with Crippen LogP contribution in [0.2, 0.25) is 10.0 Å². The number of nitrogens with one attached hydrogen (secondary N) is 4. The molecule has 1 saturated heterocycles. The number of rotatable bonds is 15. The maximum Gasteiger partial charge on any atom is 0.519 e. The summed E-state index contributed by atoms with van der Waals surface area (Å²) in [6, 6.07) is 17.2. The number of aryl methyl sites for hydroxylation is 1. The zero-order valence-corrected chi connectivity index (χ0v) is 32.0. The average molecular weight is 805 g/mol. The van der Waals surface area contributed by atoms with Crippen LogP contribution in [0, 0.1) is 6.92 Å². The smallest absolute Gasteiger partial charge is 0.481 e. The fraction of sp³-hybridized carbons (Fsp3) is 0.263. The van der Waals surface area contributed by atoms with Crippen molar-refractivity contribution < 1.29 is 27.9 Å². The summed E-state index contributed by atoms with van der Waals surface area (Å²) >= 11 is 15.6. The summed E-state index contributed by atoms with van der Waals surface area (Å²) in [4.78, 5) is 49.0. The van der Waals surface area contributed by atoms with Crippen LogP contribution in [0.25, 0.3) is 32.6 Å². The molecule has 4 N–H and O–H groups in total. The quantitative estimate of drug-likeness (QED) is 0.0823. The molecule has 1 fully saturated rings. The van der Waals surface area contributed by atoms with Crippen molar-refractivity contribution in [1.82, 2.24) is 30.9 Å². The van der Waals surface area contributed by atoms with Crippen molar-refractivity contribution in [2.45, 2.75) is 45.5 Å². The zero-order chi connectivity index (χ0) is 38.5. The zero-order valence-electron chi connectivity index (χ0n) is 29.7. The molecule has 1 amide bonds. The first-order chi connectivity index (χ1) is 26.7. The molecule has 2 aromatic carbocycles. The second-order valence-corrected chi connectivity index (χ2v) is 14.4. The van der Waals surface area contributed by atoms with Crippen LogP contribution < -0.4 is 31.8 Å². The van der Waals surface area contributed by atoms with Gasteiger partial charge in [0, 0.05) is 60.5 Å². The molecule has 5 heterocycles. The summed E-state index contributed by atoms with van der Waals surface area (Å²) in [5.74, 6) is 0.124. The molecule has 6 aromatic rings. The molecule has 0 bridgehead atoms. The lowest BCUT2D eigenvalue weighted by Gasteiger charge is -2.16. The Morgan fingerprint density at radius 2 is 1.78 bits per heavy atom. The van der Waals surface area contributed by atoms with Gasteiger partial charge in [-0.1, -0.05) is 59.6 Å². The largest absolute Gasteiger partial charge is 0.519 e. The van der Waals surface area contributed by atoms with Gasteiger partial charge in [-0.25, -0.2) is 19.7 Å². The number of carbonyl (C=O) groups excluding carboxylic acids is 2. The third-order valence-electron chi connectivity index (χ3n) is 8.84. The van der Waals surface area contributed by atoms with Crippen molar-refractivity contribution in [3.63, 3.8) is 0 Å². The molecule has 17 heteroatoms. The maximum atomic E-state index is 12.2. The van der Waals surface area contributed by atoms with E-state index in [-0.39, 0.29) is 36.6 Å². The van der Waals surface area contributed by atoms with Crippen LogP contribution in [0.15, 0.2) is 74.4 Å². The number of aromatic nitrogens is 3. The van der Waals surface area contributed by atoms with Gasteiger partial charge in [0.1, 0.15) is 10.5 Å². The third-order valence-corrected chi connectivity index (χ3v) is 10.7. The van der Waals surface area contributed by atoms with Crippen molar-refractivity contribution in [2.24, 2.45) is 0 Å². The maximum absolute atomic E-state index is 12.2. The summed E-state index contributed by atoms with van der Waals surface area (Å²) in [7, 11) is 1.58.